The van der Waals surface area contributed by atoms with Gasteiger partial charge in [-0.15, -0.1) is 0 Å². The van der Waals surface area contributed by atoms with Crippen LogP contribution in [0.4, 0.5) is 10.5 Å². The van der Waals surface area contributed by atoms with E-state index in [2.05, 4.69) is 18.1 Å². The van der Waals surface area contributed by atoms with Crippen LogP contribution >= 0.6 is 12.8 Å². The van der Waals surface area contributed by atoms with Gasteiger partial charge in [-0.05, 0) is 35.0 Å². The Morgan fingerprint density at radius 1 is 0.826 bits per heavy atom. The fraction of sp³-hybridized carbons (Fsp3) is 0. The van der Waals surface area contributed by atoms with Crippen LogP contribution in [0.2, 0.25) is 0 Å². The maximum Gasteiger partial charge on any atom is 0.338 e. The normalized spacial score (nSPS) is 10.3. The molecule has 0 unspecified atom stereocenters. The average molecular weight is 322 g/mol. The first-order valence-electron chi connectivity index (χ1n) is 7.03. The zero-order chi connectivity index (χ0) is 16.2. The van der Waals surface area contributed by atoms with Crippen molar-refractivity contribution in [2.75, 3.05) is 5.32 Å². The van der Waals surface area contributed by atoms with Crippen LogP contribution in [-0.2, 0) is 0 Å². The lowest BCUT2D eigenvalue weighted by molar-refractivity contribution is 0.0902. The molecule has 0 bridgehead atoms. The van der Waals surface area contributed by atoms with Crippen molar-refractivity contribution in [2.45, 2.75) is 0 Å². The molecule has 0 aliphatic rings. The highest BCUT2D eigenvalue weighted by Crippen LogP contribution is 2.19. The summed E-state index contributed by atoms with van der Waals surface area (Å²) in [7, 11) is 0. The van der Waals surface area contributed by atoms with Crippen molar-refractivity contribution in [3.63, 3.8) is 0 Å². The number of thiol groups is 1. The van der Waals surface area contributed by atoms with E-state index in [-0.39, 0.29) is 0 Å². The lowest BCUT2D eigenvalue weighted by Crippen LogP contribution is -2.32. The Bertz CT molecular complexity index is 865. The van der Waals surface area contributed by atoms with Crippen molar-refractivity contribution < 1.29 is 9.59 Å². The maximum absolute atomic E-state index is 12.2. The number of amides is 3. The molecule has 0 aliphatic heterocycles. The van der Waals surface area contributed by atoms with Gasteiger partial charge in [0.25, 0.3) is 5.91 Å². The molecule has 5 heteroatoms. The third-order valence-corrected chi connectivity index (χ3v) is 3.77. The van der Waals surface area contributed by atoms with Gasteiger partial charge in [0.05, 0.1) is 0 Å². The van der Waals surface area contributed by atoms with E-state index in [1.165, 1.54) is 0 Å². The van der Waals surface area contributed by atoms with Gasteiger partial charge in [0.2, 0.25) is 0 Å². The van der Waals surface area contributed by atoms with Gasteiger partial charge >= 0.3 is 6.03 Å². The predicted molar refractivity (Wildman–Crippen MR) is 94.6 cm³/mol. The monoisotopic (exact) mass is 322 g/mol. The van der Waals surface area contributed by atoms with Gasteiger partial charge in [0.1, 0.15) is 0 Å². The molecule has 0 aromatic heterocycles. The number of imide groups is 1. The Hall–Kier alpha value is -2.79. The summed E-state index contributed by atoms with van der Waals surface area (Å²) in [6.45, 7) is 0. The minimum atomic E-state index is -0.600. The van der Waals surface area contributed by atoms with Crippen LogP contribution in [0.5, 0.6) is 0 Å². The Labute approximate surface area is 139 Å². The second kappa shape index (κ2) is 6.54. The van der Waals surface area contributed by atoms with Crippen LogP contribution in [0.15, 0.2) is 72.8 Å². The first-order chi connectivity index (χ1) is 11.1. The number of nitrogens with one attached hydrogen (secondary N) is 1. The van der Waals surface area contributed by atoms with Gasteiger partial charge in [-0.1, -0.05) is 61.3 Å². The van der Waals surface area contributed by atoms with Crippen LogP contribution in [0.3, 0.4) is 0 Å². The van der Waals surface area contributed by atoms with Gasteiger partial charge in [0, 0.05) is 11.3 Å². The highest BCUT2D eigenvalue weighted by atomic mass is 32.1. The van der Waals surface area contributed by atoms with E-state index in [9.17, 15) is 9.59 Å². The molecule has 0 fully saturated rings. The molecule has 0 saturated heterocycles. The minimum Gasteiger partial charge on any atom is -0.307 e. The summed E-state index contributed by atoms with van der Waals surface area (Å²) in [5, 5.41) is 4.76. The highest BCUT2D eigenvalue weighted by Gasteiger charge is 2.19. The SMILES string of the molecule is O=C(Nc1ccc2ccccc2c1)N(S)C(=O)c1ccccc1. The van der Waals surface area contributed by atoms with Crippen molar-refractivity contribution in [1.82, 2.24) is 4.31 Å². The third kappa shape index (κ3) is 3.35. The van der Waals surface area contributed by atoms with E-state index >= 15 is 0 Å². The molecular formula is C18H14N2O2S. The summed E-state index contributed by atoms with van der Waals surface area (Å²) < 4.78 is 0.768. The van der Waals surface area contributed by atoms with Crippen molar-refractivity contribution in [2.24, 2.45) is 0 Å². The standard InChI is InChI=1S/C18H14N2O2S/c21-17(14-7-2-1-3-8-14)20(23)18(22)19-16-11-10-13-6-4-5-9-15(13)12-16/h1-12,23H,(H,19,22). The van der Waals surface area contributed by atoms with E-state index in [1.54, 1.807) is 36.4 Å². The van der Waals surface area contributed by atoms with Crippen molar-refractivity contribution in [1.29, 1.82) is 0 Å². The number of nitrogens with zero attached hydrogens (tertiary/aromatic N) is 1. The Kier molecular flexibility index (Phi) is 4.30. The fourth-order valence-corrected chi connectivity index (χ4v) is 2.40. The molecule has 3 rings (SSSR count). The molecule has 3 aromatic carbocycles. The molecule has 0 saturated carbocycles. The van der Waals surface area contributed by atoms with Crippen molar-refractivity contribution in [3.05, 3.63) is 78.4 Å². The first kappa shape index (κ1) is 15.1. The van der Waals surface area contributed by atoms with Gasteiger partial charge in [-0.3, -0.25) is 4.79 Å². The number of fused-ring (bicyclic) bond motifs is 1. The summed E-state index contributed by atoms with van der Waals surface area (Å²) in [5.74, 6) is -0.479. The Morgan fingerprint density at radius 3 is 2.22 bits per heavy atom. The molecule has 0 atom stereocenters. The van der Waals surface area contributed by atoms with E-state index in [4.69, 9.17) is 0 Å². The molecule has 0 aliphatic carbocycles. The van der Waals surface area contributed by atoms with E-state index < -0.39 is 11.9 Å². The topological polar surface area (TPSA) is 49.4 Å². The Balaban J connectivity index is 1.76. The minimum absolute atomic E-state index is 0.399. The quantitative estimate of drug-likeness (QED) is 0.689. The van der Waals surface area contributed by atoms with Crippen LogP contribution in [0, 0.1) is 0 Å². The summed E-state index contributed by atoms with van der Waals surface area (Å²) >= 11 is 4.01. The molecular weight excluding hydrogens is 308 g/mol. The molecule has 3 amide bonds. The lowest BCUT2D eigenvalue weighted by atomic mass is 10.1. The zero-order valence-electron chi connectivity index (χ0n) is 12.1. The van der Waals surface area contributed by atoms with Gasteiger partial charge in [-0.25, -0.2) is 9.10 Å². The van der Waals surface area contributed by atoms with Crippen LogP contribution < -0.4 is 5.32 Å². The maximum atomic E-state index is 12.2. The largest absolute Gasteiger partial charge is 0.338 e. The lowest BCUT2D eigenvalue weighted by Gasteiger charge is -2.15. The Morgan fingerprint density at radius 2 is 1.48 bits per heavy atom. The predicted octanol–water partition coefficient (Wildman–Crippen LogP) is 4.36. The number of anilines is 1. The second-order valence-corrected chi connectivity index (χ2v) is 5.38. The summed E-state index contributed by atoms with van der Waals surface area (Å²) in [6.07, 6.45) is 0. The molecule has 4 nitrogen and oxygen atoms in total. The first-order valence-corrected chi connectivity index (χ1v) is 7.43. The summed E-state index contributed by atoms with van der Waals surface area (Å²) in [6, 6.07) is 21.3. The molecule has 23 heavy (non-hydrogen) atoms. The summed E-state index contributed by atoms with van der Waals surface area (Å²) in [4.78, 5) is 24.4. The number of hydrogen-bond donors (Lipinski definition) is 2. The molecule has 0 heterocycles. The second-order valence-electron chi connectivity index (χ2n) is 4.98. The van der Waals surface area contributed by atoms with Crippen molar-refractivity contribution in [3.8, 4) is 0 Å². The number of hydrogen-bond acceptors (Lipinski definition) is 3. The highest BCUT2D eigenvalue weighted by molar-refractivity contribution is 7.79. The zero-order valence-corrected chi connectivity index (χ0v) is 13.0. The van der Waals surface area contributed by atoms with Gasteiger partial charge in [-0.2, -0.15) is 0 Å². The molecule has 0 spiro atoms. The number of rotatable bonds is 2. The summed E-state index contributed by atoms with van der Waals surface area (Å²) in [5.41, 5.74) is 1.00. The fourth-order valence-electron chi connectivity index (χ4n) is 2.24. The van der Waals surface area contributed by atoms with E-state index in [1.807, 2.05) is 36.4 Å². The molecule has 0 radical (unpaired) electrons. The molecule has 3 aromatic rings. The van der Waals surface area contributed by atoms with Crippen molar-refractivity contribution >= 4 is 41.2 Å². The third-order valence-electron chi connectivity index (χ3n) is 3.41. The number of urea groups is 1. The average Bonchev–Trinajstić information content (AvgIpc) is 2.61. The van der Waals surface area contributed by atoms with Gasteiger partial charge in [0.15, 0.2) is 0 Å². The smallest absolute Gasteiger partial charge is 0.307 e. The van der Waals surface area contributed by atoms with Gasteiger partial charge < -0.3 is 5.32 Å². The van der Waals surface area contributed by atoms with Crippen LogP contribution in [0.1, 0.15) is 10.4 Å². The van der Waals surface area contributed by atoms with Crippen LogP contribution in [0.25, 0.3) is 10.8 Å². The number of carbonyl (C=O) groups excluding carboxylic acids is 2. The van der Waals surface area contributed by atoms with E-state index in [0.717, 1.165) is 15.1 Å². The molecule has 1 N–H and O–H groups in total. The number of benzene rings is 3. The number of carbonyl (C=O) groups is 2. The van der Waals surface area contributed by atoms with E-state index in [0.29, 0.717) is 11.3 Å². The molecule has 114 valence electrons. The van der Waals surface area contributed by atoms with Crippen LogP contribution in [-0.4, -0.2) is 16.2 Å².